The number of alkyl halides is 1. The topological polar surface area (TPSA) is 60.7 Å². The zero-order valence-electron chi connectivity index (χ0n) is 8.31. The van der Waals surface area contributed by atoms with E-state index >= 15 is 0 Å². The van der Waals surface area contributed by atoms with Gasteiger partial charge in [-0.25, -0.2) is 0 Å². The number of hydrogen-bond donors (Lipinski definition) is 3. The number of aliphatic hydroxyl groups is 3. The van der Waals surface area contributed by atoms with Crippen LogP contribution in [0.3, 0.4) is 0 Å². The number of halogens is 1. The minimum Gasteiger partial charge on any atom is -0.396 e. The van der Waals surface area contributed by atoms with E-state index in [1.54, 1.807) is 12.1 Å². The summed E-state index contributed by atoms with van der Waals surface area (Å²) in [5.74, 6) is 0. The van der Waals surface area contributed by atoms with Gasteiger partial charge in [0.25, 0.3) is 0 Å². The molecule has 0 saturated carbocycles. The summed E-state index contributed by atoms with van der Waals surface area (Å²) in [6, 6.07) is 7.33. The van der Waals surface area contributed by atoms with Crippen molar-refractivity contribution in [3.05, 3.63) is 35.4 Å². The number of rotatable bonds is 5. The summed E-state index contributed by atoms with van der Waals surface area (Å²) in [5.41, 5.74) is 1.78. The first kappa shape index (κ1) is 12.6. The highest BCUT2D eigenvalue weighted by atomic mass is 79.9. The van der Waals surface area contributed by atoms with Crippen LogP contribution in [0.25, 0.3) is 0 Å². The van der Waals surface area contributed by atoms with Crippen LogP contribution in [-0.4, -0.2) is 28.0 Å². The van der Waals surface area contributed by atoms with Gasteiger partial charge in [-0.2, -0.15) is 0 Å². The lowest BCUT2D eigenvalue weighted by Crippen LogP contribution is -2.19. The predicted octanol–water partition coefficient (Wildman–Crippen LogP) is 1.36. The average molecular weight is 275 g/mol. The fourth-order valence-electron chi connectivity index (χ4n) is 1.32. The van der Waals surface area contributed by atoms with E-state index in [0.29, 0.717) is 5.56 Å². The summed E-state index contributed by atoms with van der Waals surface area (Å²) in [4.78, 5) is 0. The fourth-order valence-corrected chi connectivity index (χ4v) is 1.69. The maximum absolute atomic E-state index is 9.71. The minimum absolute atomic E-state index is 0.127. The lowest BCUT2D eigenvalue weighted by molar-refractivity contribution is 0.00421. The molecule has 0 radical (unpaired) electrons. The maximum Gasteiger partial charge on any atom is 0.105 e. The Morgan fingerprint density at radius 2 is 1.73 bits per heavy atom. The second-order valence-corrected chi connectivity index (χ2v) is 3.96. The second kappa shape index (κ2) is 6.23. The van der Waals surface area contributed by atoms with Crippen molar-refractivity contribution in [1.29, 1.82) is 0 Å². The van der Waals surface area contributed by atoms with Gasteiger partial charge in [0, 0.05) is 11.9 Å². The molecule has 1 aromatic rings. The third-order valence-electron chi connectivity index (χ3n) is 2.26. The Kier molecular flexibility index (Phi) is 5.25. The summed E-state index contributed by atoms with van der Waals surface area (Å²) in [5, 5.41) is 28.6. The van der Waals surface area contributed by atoms with Gasteiger partial charge in [0.15, 0.2) is 0 Å². The highest BCUT2D eigenvalue weighted by molar-refractivity contribution is 9.08. The standard InChI is InChI=1S/C11H15BrO3/c12-7-8-1-3-9(4-2-8)11(15)10(14)5-6-13/h1-4,10-11,13-15H,5-7H2. The molecule has 84 valence electrons. The van der Waals surface area contributed by atoms with Gasteiger partial charge in [0.05, 0.1) is 6.10 Å². The van der Waals surface area contributed by atoms with E-state index < -0.39 is 12.2 Å². The van der Waals surface area contributed by atoms with Crippen LogP contribution in [0.1, 0.15) is 23.7 Å². The Morgan fingerprint density at radius 3 is 2.20 bits per heavy atom. The van der Waals surface area contributed by atoms with Crippen molar-refractivity contribution in [2.45, 2.75) is 24.0 Å². The van der Waals surface area contributed by atoms with Gasteiger partial charge in [-0.05, 0) is 17.5 Å². The van der Waals surface area contributed by atoms with Crippen LogP contribution in [0.5, 0.6) is 0 Å². The highest BCUT2D eigenvalue weighted by Gasteiger charge is 2.17. The molecule has 0 aliphatic heterocycles. The van der Waals surface area contributed by atoms with E-state index in [-0.39, 0.29) is 13.0 Å². The summed E-state index contributed by atoms with van der Waals surface area (Å²) >= 11 is 3.33. The van der Waals surface area contributed by atoms with E-state index in [1.165, 1.54) is 0 Å². The molecular weight excluding hydrogens is 260 g/mol. The van der Waals surface area contributed by atoms with Crippen LogP contribution in [0, 0.1) is 0 Å². The fraction of sp³-hybridized carbons (Fsp3) is 0.455. The Hall–Kier alpha value is -0.420. The average Bonchev–Trinajstić information content (AvgIpc) is 2.28. The first-order valence-electron chi connectivity index (χ1n) is 4.81. The van der Waals surface area contributed by atoms with E-state index in [2.05, 4.69) is 15.9 Å². The van der Waals surface area contributed by atoms with E-state index in [9.17, 15) is 10.2 Å². The molecule has 0 heterocycles. The number of aliphatic hydroxyl groups excluding tert-OH is 3. The van der Waals surface area contributed by atoms with Gasteiger partial charge in [0.2, 0.25) is 0 Å². The van der Waals surface area contributed by atoms with Crippen molar-refractivity contribution in [3.63, 3.8) is 0 Å². The third-order valence-corrected chi connectivity index (χ3v) is 2.91. The van der Waals surface area contributed by atoms with Crippen molar-refractivity contribution in [2.24, 2.45) is 0 Å². The molecule has 3 N–H and O–H groups in total. The first-order valence-corrected chi connectivity index (χ1v) is 5.93. The largest absolute Gasteiger partial charge is 0.396 e. The molecule has 2 atom stereocenters. The van der Waals surface area contributed by atoms with Crippen molar-refractivity contribution in [3.8, 4) is 0 Å². The van der Waals surface area contributed by atoms with Crippen LogP contribution >= 0.6 is 15.9 Å². The molecular formula is C11H15BrO3. The Bertz CT molecular complexity index is 286. The highest BCUT2D eigenvalue weighted by Crippen LogP contribution is 2.19. The molecule has 0 aliphatic rings. The Morgan fingerprint density at radius 1 is 1.13 bits per heavy atom. The van der Waals surface area contributed by atoms with Crippen LogP contribution < -0.4 is 0 Å². The molecule has 0 amide bonds. The molecule has 2 unspecified atom stereocenters. The van der Waals surface area contributed by atoms with Gasteiger partial charge in [0.1, 0.15) is 6.10 Å². The van der Waals surface area contributed by atoms with Gasteiger partial charge < -0.3 is 15.3 Å². The lowest BCUT2D eigenvalue weighted by atomic mass is 10.0. The molecule has 0 aliphatic carbocycles. The van der Waals surface area contributed by atoms with Crippen molar-refractivity contribution >= 4 is 15.9 Å². The van der Waals surface area contributed by atoms with Crippen LogP contribution in [-0.2, 0) is 5.33 Å². The lowest BCUT2D eigenvalue weighted by Gasteiger charge is -2.17. The van der Waals surface area contributed by atoms with Crippen LogP contribution in [0.4, 0.5) is 0 Å². The van der Waals surface area contributed by atoms with Gasteiger partial charge >= 0.3 is 0 Å². The summed E-state index contributed by atoms with van der Waals surface area (Å²) < 4.78 is 0. The van der Waals surface area contributed by atoms with Crippen molar-refractivity contribution in [1.82, 2.24) is 0 Å². The summed E-state index contributed by atoms with van der Waals surface area (Å²) in [6.07, 6.45) is -1.66. The summed E-state index contributed by atoms with van der Waals surface area (Å²) in [7, 11) is 0. The van der Waals surface area contributed by atoms with Gasteiger partial charge in [-0.15, -0.1) is 0 Å². The Balaban J connectivity index is 2.69. The van der Waals surface area contributed by atoms with Crippen molar-refractivity contribution in [2.75, 3.05) is 6.61 Å². The zero-order chi connectivity index (χ0) is 11.3. The molecule has 4 heteroatoms. The SMILES string of the molecule is OCCC(O)C(O)c1ccc(CBr)cc1. The zero-order valence-corrected chi connectivity index (χ0v) is 9.89. The second-order valence-electron chi connectivity index (χ2n) is 3.40. The monoisotopic (exact) mass is 274 g/mol. The van der Waals surface area contributed by atoms with Crippen LogP contribution in [0.15, 0.2) is 24.3 Å². The molecule has 0 aromatic heterocycles. The molecule has 3 nitrogen and oxygen atoms in total. The van der Waals surface area contributed by atoms with Crippen LogP contribution in [0.2, 0.25) is 0 Å². The summed E-state index contributed by atoms with van der Waals surface area (Å²) in [6.45, 7) is -0.127. The Labute approximate surface area is 97.5 Å². The van der Waals surface area contributed by atoms with E-state index in [1.807, 2.05) is 12.1 Å². The molecule has 1 rings (SSSR count). The number of benzene rings is 1. The van der Waals surface area contributed by atoms with Gasteiger partial charge in [-0.3, -0.25) is 0 Å². The quantitative estimate of drug-likeness (QED) is 0.711. The van der Waals surface area contributed by atoms with E-state index in [0.717, 1.165) is 10.9 Å². The molecule has 0 spiro atoms. The molecule has 0 bridgehead atoms. The molecule has 0 fully saturated rings. The van der Waals surface area contributed by atoms with Crippen molar-refractivity contribution < 1.29 is 15.3 Å². The first-order chi connectivity index (χ1) is 7.19. The minimum atomic E-state index is -0.929. The third kappa shape index (κ3) is 3.57. The number of hydrogen-bond acceptors (Lipinski definition) is 3. The maximum atomic E-state index is 9.71. The predicted molar refractivity (Wildman–Crippen MR) is 61.7 cm³/mol. The smallest absolute Gasteiger partial charge is 0.105 e. The molecule has 0 saturated heterocycles. The molecule has 15 heavy (non-hydrogen) atoms. The normalized spacial score (nSPS) is 14.9. The van der Waals surface area contributed by atoms with Gasteiger partial charge in [-0.1, -0.05) is 40.2 Å². The van der Waals surface area contributed by atoms with E-state index in [4.69, 9.17) is 5.11 Å². The molecule has 1 aromatic carbocycles.